The van der Waals surface area contributed by atoms with E-state index in [4.69, 9.17) is 16.1 Å². The second kappa shape index (κ2) is 9.95. The van der Waals surface area contributed by atoms with Crippen molar-refractivity contribution in [3.63, 3.8) is 0 Å². The van der Waals surface area contributed by atoms with Crippen LogP contribution in [0.15, 0.2) is 36.5 Å². The van der Waals surface area contributed by atoms with E-state index in [9.17, 15) is 4.39 Å². The molecule has 5 heterocycles. The number of likely N-dealkylation sites (N-methyl/N-ethyl adjacent to an activating group) is 1. The number of nitrogens with zero attached hydrogens (tertiary/aromatic N) is 5. The number of hydrogen-bond acceptors (Lipinski definition) is 7. The molecular formula is C31H30F2N6O. The van der Waals surface area contributed by atoms with Crippen molar-refractivity contribution in [2.45, 2.75) is 43.8 Å². The van der Waals surface area contributed by atoms with Gasteiger partial charge in [0.15, 0.2) is 5.82 Å². The van der Waals surface area contributed by atoms with E-state index in [1.165, 1.54) is 6.07 Å². The maximum atomic E-state index is 16.5. The average Bonchev–Trinajstić information content (AvgIpc) is 3.54. The van der Waals surface area contributed by atoms with Gasteiger partial charge in [0.05, 0.1) is 10.9 Å². The topological polar surface area (TPSA) is 66.4 Å². The largest absolute Gasteiger partial charge is 0.462 e. The maximum absolute atomic E-state index is 16.5. The van der Waals surface area contributed by atoms with Gasteiger partial charge in [-0.05, 0) is 50.7 Å². The van der Waals surface area contributed by atoms with Gasteiger partial charge in [-0.3, -0.25) is 4.98 Å². The van der Waals surface area contributed by atoms with Crippen LogP contribution >= 0.6 is 0 Å². The Labute approximate surface area is 231 Å². The van der Waals surface area contributed by atoms with E-state index in [0.29, 0.717) is 46.2 Å². The molecule has 3 fully saturated rings. The molecule has 7 rings (SSSR count). The first-order chi connectivity index (χ1) is 19.5. The predicted octanol–water partition coefficient (Wildman–Crippen LogP) is 4.52. The van der Waals surface area contributed by atoms with E-state index in [1.54, 1.807) is 24.4 Å². The van der Waals surface area contributed by atoms with Gasteiger partial charge in [-0.1, -0.05) is 30.2 Å². The number of ether oxygens (including phenoxy) is 1. The fraction of sp³-hybridized carbons (Fsp3) is 0.387. The van der Waals surface area contributed by atoms with E-state index in [0.717, 1.165) is 45.3 Å². The SMILES string of the molecule is C#Cc1c(F)ccc2cccc(-c3ncc4c(N5CC6CCC(C5)N6)nc(OCC5CCCN5C)nc4c3F)c12. The van der Waals surface area contributed by atoms with Crippen molar-refractivity contribution in [1.29, 1.82) is 0 Å². The van der Waals surface area contributed by atoms with Gasteiger partial charge < -0.3 is 19.9 Å². The molecule has 0 radical (unpaired) electrons. The third-order valence-electron chi connectivity index (χ3n) is 8.63. The highest BCUT2D eigenvalue weighted by atomic mass is 19.1. The molecule has 2 aromatic carbocycles. The Morgan fingerprint density at radius 3 is 2.67 bits per heavy atom. The number of rotatable bonds is 5. The Morgan fingerprint density at radius 2 is 1.93 bits per heavy atom. The fourth-order valence-electron chi connectivity index (χ4n) is 6.54. The van der Waals surface area contributed by atoms with Gasteiger partial charge in [-0.25, -0.2) is 8.78 Å². The highest BCUT2D eigenvalue weighted by Crippen LogP contribution is 2.37. The number of hydrogen-bond donors (Lipinski definition) is 1. The van der Waals surface area contributed by atoms with Crippen LogP contribution in [0.1, 0.15) is 31.2 Å². The number of pyridine rings is 1. The second-order valence-electron chi connectivity index (χ2n) is 11.1. The molecule has 40 heavy (non-hydrogen) atoms. The van der Waals surface area contributed by atoms with Crippen LogP contribution in [0.5, 0.6) is 6.01 Å². The van der Waals surface area contributed by atoms with Crippen LogP contribution < -0.4 is 15.0 Å². The maximum Gasteiger partial charge on any atom is 0.319 e. The molecule has 3 aliphatic heterocycles. The number of benzene rings is 2. The first-order valence-electron chi connectivity index (χ1n) is 13.9. The van der Waals surface area contributed by atoms with Crippen molar-refractivity contribution in [3.8, 4) is 29.6 Å². The molecule has 2 bridgehead atoms. The lowest BCUT2D eigenvalue weighted by Crippen LogP contribution is -2.51. The zero-order chi connectivity index (χ0) is 27.4. The summed E-state index contributed by atoms with van der Waals surface area (Å²) in [6.45, 7) is 2.99. The Kier molecular flexibility index (Phi) is 6.25. The number of halogens is 2. The van der Waals surface area contributed by atoms with Crippen molar-refractivity contribution in [1.82, 2.24) is 25.2 Å². The van der Waals surface area contributed by atoms with Gasteiger partial charge in [-0.15, -0.1) is 6.42 Å². The van der Waals surface area contributed by atoms with Crippen molar-refractivity contribution in [2.75, 3.05) is 38.2 Å². The summed E-state index contributed by atoms with van der Waals surface area (Å²) < 4.78 is 37.3. The van der Waals surface area contributed by atoms with Crippen molar-refractivity contribution < 1.29 is 13.5 Å². The minimum Gasteiger partial charge on any atom is -0.462 e. The van der Waals surface area contributed by atoms with E-state index < -0.39 is 11.6 Å². The fourth-order valence-corrected chi connectivity index (χ4v) is 6.54. The molecule has 0 amide bonds. The highest BCUT2D eigenvalue weighted by molar-refractivity contribution is 6.02. The smallest absolute Gasteiger partial charge is 0.319 e. The molecule has 7 nitrogen and oxygen atoms in total. The van der Waals surface area contributed by atoms with Crippen LogP contribution in [0, 0.1) is 24.0 Å². The molecule has 3 unspecified atom stereocenters. The summed E-state index contributed by atoms with van der Waals surface area (Å²) in [4.78, 5) is 18.4. The number of likely N-dealkylation sites (tertiary alicyclic amines) is 1. The zero-order valence-electron chi connectivity index (χ0n) is 22.3. The lowest BCUT2D eigenvalue weighted by atomic mass is 9.96. The van der Waals surface area contributed by atoms with Gasteiger partial charge in [0.2, 0.25) is 0 Å². The molecule has 2 aromatic heterocycles. The number of nitrogens with one attached hydrogen (secondary N) is 1. The van der Waals surface area contributed by atoms with Crippen LogP contribution in [-0.4, -0.2) is 71.3 Å². The molecule has 4 aromatic rings. The van der Waals surface area contributed by atoms with Crippen molar-refractivity contribution in [2.24, 2.45) is 0 Å². The summed E-state index contributed by atoms with van der Waals surface area (Å²) in [6, 6.07) is 9.44. The average molecular weight is 541 g/mol. The minimum absolute atomic E-state index is 0.0618. The molecule has 3 atom stereocenters. The summed E-state index contributed by atoms with van der Waals surface area (Å²) in [6.07, 6.45) is 11.7. The lowest BCUT2D eigenvalue weighted by Gasteiger charge is -2.34. The van der Waals surface area contributed by atoms with E-state index in [-0.39, 0.29) is 28.8 Å². The van der Waals surface area contributed by atoms with Crippen LogP contribution in [-0.2, 0) is 0 Å². The third kappa shape index (κ3) is 4.23. The predicted molar refractivity (Wildman–Crippen MR) is 151 cm³/mol. The zero-order valence-corrected chi connectivity index (χ0v) is 22.3. The summed E-state index contributed by atoms with van der Waals surface area (Å²) in [7, 11) is 2.08. The number of piperazine rings is 1. The summed E-state index contributed by atoms with van der Waals surface area (Å²) in [5.74, 6) is 1.93. The molecule has 204 valence electrons. The summed E-state index contributed by atoms with van der Waals surface area (Å²) in [5.41, 5.74) is 0.691. The van der Waals surface area contributed by atoms with E-state index in [2.05, 4.69) is 38.1 Å². The molecule has 9 heteroatoms. The Balaban J connectivity index is 1.38. The van der Waals surface area contributed by atoms with Gasteiger partial charge in [0.1, 0.15) is 29.5 Å². The number of terminal acetylenes is 1. The van der Waals surface area contributed by atoms with Crippen molar-refractivity contribution in [3.05, 3.63) is 53.7 Å². The van der Waals surface area contributed by atoms with E-state index >= 15 is 4.39 Å². The standard InChI is InChI=1S/C31H30F2N6O/c1-3-22-25(32)12-9-18-6-4-8-23(26(18)22)28-27(33)29-24(14-34-28)30(39-15-19-10-11-20(16-39)35-19)37-31(36-29)40-17-21-7-5-13-38(21)2/h1,4,6,8-9,12,14,19-21,35H,5,7,10-11,13,15-17H2,2H3. The first-order valence-corrected chi connectivity index (χ1v) is 13.9. The monoisotopic (exact) mass is 540 g/mol. The summed E-state index contributed by atoms with van der Waals surface area (Å²) >= 11 is 0. The molecule has 3 saturated heterocycles. The number of fused-ring (bicyclic) bond motifs is 4. The molecular weight excluding hydrogens is 510 g/mol. The van der Waals surface area contributed by atoms with Crippen LogP contribution in [0.4, 0.5) is 14.6 Å². The molecule has 0 spiro atoms. The molecule has 1 N–H and O–H groups in total. The van der Waals surface area contributed by atoms with Crippen LogP contribution in [0.2, 0.25) is 0 Å². The van der Waals surface area contributed by atoms with Gasteiger partial charge >= 0.3 is 6.01 Å². The van der Waals surface area contributed by atoms with Crippen molar-refractivity contribution >= 4 is 27.5 Å². The van der Waals surface area contributed by atoms with Crippen LogP contribution in [0.25, 0.3) is 32.9 Å². The highest BCUT2D eigenvalue weighted by Gasteiger charge is 2.34. The Hall–Kier alpha value is -3.87. The normalized spacial score (nSPS) is 22.8. The molecule has 3 aliphatic rings. The Morgan fingerprint density at radius 1 is 1.10 bits per heavy atom. The quantitative estimate of drug-likeness (QED) is 0.374. The first kappa shape index (κ1) is 25.1. The second-order valence-corrected chi connectivity index (χ2v) is 11.1. The van der Waals surface area contributed by atoms with E-state index in [1.807, 2.05) is 6.07 Å². The third-order valence-corrected chi connectivity index (χ3v) is 8.63. The van der Waals surface area contributed by atoms with Crippen LogP contribution in [0.3, 0.4) is 0 Å². The molecule has 0 saturated carbocycles. The van der Waals surface area contributed by atoms with Gasteiger partial charge in [-0.2, -0.15) is 9.97 Å². The van der Waals surface area contributed by atoms with Gasteiger partial charge in [0.25, 0.3) is 0 Å². The number of aromatic nitrogens is 3. The minimum atomic E-state index is -0.609. The molecule has 0 aliphatic carbocycles. The lowest BCUT2D eigenvalue weighted by molar-refractivity contribution is 0.188. The Bertz CT molecular complexity index is 1660. The number of anilines is 1. The summed E-state index contributed by atoms with van der Waals surface area (Å²) in [5, 5.41) is 5.31. The van der Waals surface area contributed by atoms with Gasteiger partial charge in [0, 0.05) is 48.4 Å².